The lowest BCUT2D eigenvalue weighted by atomic mass is 10.2. The average molecular weight is 305 g/mol. The van der Waals surface area contributed by atoms with Crippen molar-refractivity contribution in [3.63, 3.8) is 0 Å². The van der Waals surface area contributed by atoms with Crippen molar-refractivity contribution in [3.05, 3.63) is 29.8 Å². The number of nitrogens with one attached hydrogen (secondary N) is 1. The molecule has 0 aliphatic carbocycles. The lowest BCUT2D eigenvalue weighted by molar-refractivity contribution is -0.138. The van der Waals surface area contributed by atoms with E-state index >= 15 is 0 Å². The summed E-state index contributed by atoms with van der Waals surface area (Å²) in [4.78, 5) is 26.9. The van der Waals surface area contributed by atoms with Crippen LogP contribution in [-0.2, 0) is 9.59 Å². The zero-order valence-electron chi connectivity index (χ0n) is 13.2. The molecule has 1 aromatic carbocycles. The first-order valence-corrected chi connectivity index (χ1v) is 7.47. The van der Waals surface area contributed by atoms with Gasteiger partial charge in [-0.15, -0.1) is 0 Å². The number of hydrogen-bond acceptors (Lipinski definition) is 4. The Hall–Kier alpha value is -2.08. The predicted octanol–water partition coefficient (Wildman–Crippen LogP) is 0.264. The molecule has 0 bridgehead atoms. The Labute approximate surface area is 131 Å². The Morgan fingerprint density at radius 1 is 1.41 bits per heavy atom. The number of likely N-dealkylation sites (N-methyl/N-ethyl adjacent to an activating group) is 1. The van der Waals surface area contributed by atoms with Gasteiger partial charge in [-0.1, -0.05) is 18.2 Å². The van der Waals surface area contributed by atoms with Gasteiger partial charge in [-0.05, 0) is 25.6 Å². The number of rotatable bonds is 6. The fourth-order valence-corrected chi connectivity index (χ4v) is 2.29. The van der Waals surface area contributed by atoms with E-state index in [1.54, 1.807) is 4.90 Å². The van der Waals surface area contributed by atoms with Crippen LogP contribution in [-0.4, -0.2) is 68.0 Å². The van der Waals surface area contributed by atoms with Crippen LogP contribution in [0.3, 0.4) is 0 Å². The summed E-state index contributed by atoms with van der Waals surface area (Å²) in [5.74, 6) is 0.758. The van der Waals surface area contributed by atoms with Crippen LogP contribution in [0.25, 0.3) is 0 Å². The summed E-state index contributed by atoms with van der Waals surface area (Å²) in [7, 11) is 1.88. The lowest BCUT2D eigenvalue weighted by Gasteiger charge is -2.28. The number of piperazine rings is 1. The van der Waals surface area contributed by atoms with Crippen molar-refractivity contribution in [2.75, 3.05) is 46.4 Å². The van der Waals surface area contributed by atoms with Crippen LogP contribution in [0.15, 0.2) is 24.3 Å². The molecule has 2 amide bonds. The molecule has 0 atom stereocenters. The Kier molecular flexibility index (Phi) is 5.77. The standard InChI is InChI=1S/C16H23N3O3/c1-13-5-3-4-6-14(13)22-10-9-18(2)12-16(21)19-8-7-17-15(20)11-19/h3-6H,7-12H2,1-2H3,(H,17,20). The van der Waals surface area contributed by atoms with Crippen molar-refractivity contribution in [2.24, 2.45) is 0 Å². The van der Waals surface area contributed by atoms with Crippen LogP contribution in [0.4, 0.5) is 0 Å². The minimum absolute atomic E-state index is 0.0201. The number of para-hydroxylation sites is 1. The molecule has 120 valence electrons. The summed E-state index contributed by atoms with van der Waals surface area (Å²) in [6.07, 6.45) is 0. The van der Waals surface area contributed by atoms with Gasteiger partial charge in [0, 0.05) is 19.6 Å². The molecule has 6 nitrogen and oxygen atoms in total. The summed E-state index contributed by atoms with van der Waals surface area (Å²) < 4.78 is 5.72. The van der Waals surface area contributed by atoms with E-state index in [9.17, 15) is 9.59 Å². The van der Waals surface area contributed by atoms with E-state index in [2.05, 4.69) is 5.32 Å². The van der Waals surface area contributed by atoms with Gasteiger partial charge in [0.2, 0.25) is 11.8 Å². The zero-order chi connectivity index (χ0) is 15.9. The van der Waals surface area contributed by atoms with E-state index < -0.39 is 0 Å². The molecule has 0 saturated carbocycles. The Balaban J connectivity index is 1.71. The molecule has 22 heavy (non-hydrogen) atoms. The molecule has 1 N–H and O–H groups in total. The molecule has 2 rings (SSSR count). The molecule has 1 heterocycles. The fraction of sp³-hybridized carbons (Fsp3) is 0.500. The number of carbonyl (C=O) groups excluding carboxylic acids is 2. The molecular weight excluding hydrogens is 282 g/mol. The lowest BCUT2D eigenvalue weighted by Crippen LogP contribution is -2.52. The number of ether oxygens (including phenoxy) is 1. The number of carbonyl (C=O) groups is 2. The highest BCUT2D eigenvalue weighted by Crippen LogP contribution is 2.15. The molecule has 1 saturated heterocycles. The third-order valence-corrected chi connectivity index (χ3v) is 3.62. The van der Waals surface area contributed by atoms with E-state index in [4.69, 9.17) is 4.74 Å². The van der Waals surface area contributed by atoms with E-state index in [0.717, 1.165) is 11.3 Å². The maximum Gasteiger partial charge on any atom is 0.239 e. The van der Waals surface area contributed by atoms with Crippen molar-refractivity contribution < 1.29 is 14.3 Å². The van der Waals surface area contributed by atoms with Crippen LogP contribution >= 0.6 is 0 Å². The molecule has 0 radical (unpaired) electrons. The van der Waals surface area contributed by atoms with Gasteiger partial charge in [-0.25, -0.2) is 0 Å². The number of hydrogen-bond donors (Lipinski definition) is 1. The second-order valence-electron chi connectivity index (χ2n) is 5.52. The van der Waals surface area contributed by atoms with Crippen LogP contribution < -0.4 is 10.1 Å². The predicted molar refractivity (Wildman–Crippen MR) is 83.8 cm³/mol. The first-order valence-electron chi connectivity index (χ1n) is 7.47. The van der Waals surface area contributed by atoms with E-state index in [0.29, 0.717) is 32.8 Å². The SMILES string of the molecule is Cc1ccccc1OCCN(C)CC(=O)N1CCNC(=O)C1. The molecule has 6 heteroatoms. The number of aryl methyl sites for hydroxylation is 1. The number of amides is 2. The number of nitrogens with zero attached hydrogens (tertiary/aromatic N) is 2. The van der Waals surface area contributed by atoms with Crippen LogP contribution in [0.1, 0.15) is 5.56 Å². The summed E-state index contributed by atoms with van der Waals surface area (Å²) in [5.41, 5.74) is 1.10. The molecule has 0 aromatic heterocycles. The molecular formula is C16H23N3O3. The smallest absolute Gasteiger partial charge is 0.239 e. The van der Waals surface area contributed by atoms with Gasteiger partial charge in [0.25, 0.3) is 0 Å². The van der Waals surface area contributed by atoms with Gasteiger partial charge >= 0.3 is 0 Å². The molecule has 1 aliphatic heterocycles. The van der Waals surface area contributed by atoms with Crippen molar-refractivity contribution in [2.45, 2.75) is 6.92 Å². The van der Waals surface area contributed by atoms with Crippen molar-refractivity contribution in [1.82, 2.24) is 15.1 Å². The minimum Gasteiger partial charge on any atom is -0.492 e. The maximum absolute atomic E-state index is 12.1. The molecule has 0 unspecified atom stereocenters. The van der Waals surface area contributed by atoms with Gasteiger partial charge in [0.05, 0.1) is 13.1 Å². The topological polar surface area (TPSA) is 61.9 Å². The Morgan fingerprint density at radius 2 is 2.18 bits per heavy atom. The highest BCUT2D eigenvalue weighted by atomic mass is 16.5. The second kappa shape index (κ2) is 7.79. The average Bonchev–Trinajstić information content (AvgIpc) is 2.49. The third kappa shape index (κ3) is 4.73. The minimum atomic E-state index is -0.0925. The van der Waals surface area contributed by atoms with Gasteiger partial charge in [0.15, 0.2) is 0 Å². The Morgan fingerprint density at radius 3 is 2.91 bits per heavy atom. The van der Waals surface area contributed by atoms with Crippen molar-refractivity contribution in [3.8, 4) is 5.75 Å². The van der Waals surface area contributed by atoms with Crippen LogP contribution in [0, 0.1) is 6.92 Å². The van der Waals surface area contributed by atoms with Crippen LogP contribution in [0.2, 0.25) is 0 Å². The first kappa shape index (κ1) is 16.3. The summed E-state index contributed by atoms with van der Waals surface area (Å²) in [6.45, 7) is 4.75. The van der Waals surface area contributed by atoms with Gasteiger partial charge in [-0.3, -0.25) is 14.5 Å². The second-order valence-corrected chi connectivity index (χ2v) is 5.52. The fourth-order valence-electron chi connectivity index (χ4n) is 2.29. The zero-order valence-corrected chi connectivity index (χ0v) is 13.2. The van der Waals surface area contributed by atoms with Crippen molar-refractivity contribution in [1.29, 1.82) is 0 Å². The van der Waals surface area contributed by atoms with Crippen molar-refractivity contribution >= 4 is 11.8 Å². The largest absolute Gasteiger partial charge is 0.492 e. The van der Waals surface area contributed by atoms with Gasteiger partial charge < -0.3 is 15.0 Å². The highest BCUT2D eigenvalue weighted by molar-refractivity contribution is 5.86. The van der Waals surface area contributed by atoms with E-state index in [1.165, 1.54) is 0 Å². The molecule has 1 fully saturated rings. The summed E-state index contributed by atoms with van der Waals surface area (Å²) in [6, 6.07) is 7.86. The summed E-state index contributed by atoms with van der Waals surface area (Å²) in [5, 5.41) is 2.71. The van der Waals surface area contributed by atoms with E-state index in [-0.39, 0.29) is 18.4 Å². The Bertz CT molecular complexity index is 533. The first-order chi connectivity index (χ1) is 10.6. The molecule has 1 aromatic rings. The monoisotopic (exact) mass is 305 g/mol. The molecule has 0 spiro atoms. The number of benzene rings is 1. The highest BCUT2D eigenvalue weighted by Gasteiger charge is 2.21. The van der Waals surface area contributed by atoms with Crippen LogP contribution in [0.5, 0.6) is 5.75 Å². The normalized spacial score (nSPS) is 14.9. The quantitative estimate of drug-likeness (QED) is 0.819. The maximum atomic E-state index is 12.1. The third-order valence-electron chi connectivity index (χ3n) is 3.62. The van der Waals surface area contributed by atoms with E-state index in [1.807, 2.05) is 43.1 Å². The molecule has 1 aliphatic rings. The van der Waals surface area contributed by atoms with Gasteiger partial charge in [-0.2, -0.15) is 0 Å². The van der Waals surface area contributed by atoms with Gasteiger partial charge in [0.1, 0.15) is 12.4 Å². The summed E-state index contributed by atoms with van der Waals surface area (Å²) >= 11 is 0.